The van der Waals surface area contributed by atoms with Gasteiger partial charge >= 0.3 is 0 Å². The summed E-state index contributed by atoms with van der Waals surface area (Å²) < 4.78 is 32.2. The number of carbonyl (C=O) groups excluding carboxylic acids is 1. The van der Waals surface area contributed by atoms with E-state index in [-0.39, 0.29) is 11.4 Å². The molecular weight excluding hydrogens is 312 g/mol. The van der Waals surface area contributed by atoms with Crippen molar-refractivity contribution in [3.63, 3.8) is 0 Å². The molecule has 0 fully saturated rings. The summed E-state index contributed by atoms with van der Waals surface area (Å²) >= 11 is 5.91. The first-order valence-corrected chi connectivity index (χ1v) is 6.78. The van der Waals surface area contributed by atoms with Gasteiger partial charge in [-0.05, 0) is 37.3 Å². The Kier molecular flexibility index (Phi) is 3.58. The Balaban J connectivity index is 1.99. The Morgan fingerprint density at radius 3 is 2.73 bits per heavy atom. The van der Waals surface area contributed by atoms with Gasteiger partial charge in [-0.1, -0.05) is 11.6 Å². The third-order valence-electron chi connectivity index (χ3n) is 3.28. The fraction of sp³-hybridized carbons (Fsp3) is 0.0625. The largest absolute Gasteiger partial charge is 0.451 e. The molecule has 3 rings (SSSR count). The second kappa shape index (κ2) is 5.42. The molecule has 112 valence electrons. The van der Waals surface area contributed by atoms with Gasteiger partial charge in [0, 0.05) is 22.0 Å². The molecule has 0 aliphatic heterocycles. The van der Waals surface area contributed by atoms with E-state index in [0.29, 0.717) is 21.6 Å². The molecule has 0 saturated heterocycles. The highest BCUT2D eigenvalue weighted by Crippen LogP contribution is 2.28. The molecule has 0 spiro atoms. The molecule has 22 heavy (non-hydrogen) atoms. The predicted octanol–water partition coefficient (Wildman–Crippen LogP) is 4.93. The van der Waals surface area contributed by atoms with Crippen LogP contribution in [0.2, 0.25) is 5.02 Å². The van der Waals surface area contributed by atoms with E-state index in [1.165, 1.54) is 0 Å². The molecule has 1 N–H and O–H groups in total. The van der Waals surface area contributed by atoms with Crippen molar-refractivity contribution in [2.45, 2.75) is 6.92 Å². The number of amides is 1. The summed E-state index contributed by atoms with van der Waals surface area (Å²) in [6.07, 6.45) is 0. The van der Waals surface area contributed by atoms with E-state index in [4.69, 9.17) is 16.0 Å². The molecule has 1 amide bonds. The van der Waals surface area contributed by atoms with E-state index in [1.54, 1.807) is 25.1 Å². The van der Waals surface area contributed by atoms with Gasteiger partial charge < -0.3 is 9.73 Å². The molecule has 0 aliphatic rings. The van der Waals surface area contributed by atoms with Crippen molar-refractivity contribution >= 4 is 34.2 Å². The van der Waals surface area contributed by atoms with Crippen molar-refractivity contribution in [2.75, 3.05) is 5.32 Å². The minimum atomic E-state index is -0.730. The van der Waals surface area contributed by atoms with Crippen LogP contribution in [0.3, 0.4) is 0 Å². The van der Waals surface area contributed by atoms with Crippen molar-refractivity contribution in [3.05, 3.63) is 64.4 Å². The van der Waals surface area contributed by atoms with Crippen LogP contribution in [0.4, 0.5) is 14.5 Å². The quantitative estimate of drug-likeness (QED) is 0.727. The number of aryl methyl sites for hydroxylation is 1. The molecular formula is C16H10ClF2NO2. The number of fused-ring (bicyclic) bond motifs is 1. The second-order valence-electron chi connectivity index (χ2n) is 4.77. The zero-order valence-corrected chi connectivity index (χ0v) is 12.2. The lowest BCUT2D eigenvalue weighted by Crippen LogP contribution is -2.13. The molecule has 0 bridgehead atoms. The van der Waals surface area contributed by atoms with E-state index in [1.807, 2.05) is 0 Å². The maximum atomic E-state index is 13.6. The maximum absolute atomic E-state index is 13.6. The summed E-state index contributed by atoms with van der Waals surface area (Å²) in [6.45, 7) is 1.69. The topological polar surface area (TPSA) is 42.2 Å². The summed E-state index contributed by atoms with van der Waals surface area (Å²) in [5, 5.41) is 3.51. The number of hydrogen-bond donors (Lipinski definition) is 1. The highest BCUT2D eigenvalue weighted by atomic mass is 35.5. The van der Waals surface area contributed by atoms with Crippen molar-refractivity contribution in [1.29, 1.82) is 0 Å². The number of benzene rings is 2. The first-order chi connectivity index (χ1) is 10.5. The molecule has 0 saturated carbocycles. The summed E-state index contributed by atoms with van der Waals surface area (Å²) in [7, 11) is 0. The Morgan fingerprint density at radius 2 is 1.95 bits per heavy atom. The molecule has 2 aromatic carbocycles. The molecule has 0 aliphatic carbocycles. The average Bonchev–Trinajstić information content (AvgIpc) is 2.80. The van der Waals surface area contributed by atoms with Crippen LogP contribution in [0.15, 0.2) is 40.8 Å². The fourth-order valence-electron chi connectivity index (χ4n) is 2.18. The SMILES string of the molecule is Cc1c(C(=O)Nc2cc(F)ccc2F)oc2ccc(Cl)cc12. The van der Waals surface area contributed by atoms with Crippen LogP contribution < -0.4 is 5.32 Å². The van der Waals surface area contributed by atoms with Crippen LogP contribution in [0.25, 0.3) is 11.0 Å². The lowest BCUT2D eigenvalue weighted by atomic mass is 10.1. The van der Waals surface area contributed by atoms with Crippen LogP contribution in [-0.2, 0) is 0 Å². The zero-order chi connectivity index (χ0) is 15.9. The monoisotopic (exact) mass is 321 g/mol. The van der Waals surface area contributed by atoms with Gasteiger partial charge in [-0.3, -0.25) is 4.79 Å². The maximum Gasteiger partial charge on any atom is 0.291 e. The number of hydrogen-bond acceptors (Lipinski definition) is 2. The third-order valence-corrected chi connectivity index (χ3v) is 3.52. The summed E-state index contributed by atoms with van der Waals surface area (Å²) in [4.78, 5) is 12.2. The Hall–Kier alpha value is -2.40. The van der Waals surface area contributed by atoms with Crippen molar-refractivity contribution in [2.24, 2.45) is 0 Å². The molecule has 3 nitrogen and oxygen atoms in total. The molecule has 1 heterocycles. The minimum Gasteiger partial charge on any atom is -0.451 e. The first-order valence-electron chi connectivity index (χ1n) is 6.41. The summed E-state index contributed by atoms with van der Waals surface area (Å²) in [6, 6.07) is 7.78. The minimum absolute atomic E-state index is 0.0286. The molecule has 0 unspecified atom stereocenters. The van der Waals surface area contributed by atoms with Crippen molar-refractivity contribution in [3.8, 4) is 0 Å². The third kappa shape index (κ3) is 2.55. The van der Waals surface area contributed by atoms with Crippen LogP contribution >= 0.6 is 11.6 Å². The van der Waals surface area contributed by atoms with E-state index in [9.17, 15) is 13.6 Å². The van der Waals surface area contributed by atoms with Crippen molar-refractivity contribution in [1.82, 2.24) is 0 Å². The number of rotatable bonds is 2. The normalized spacial score (nSPS) is 10.9. The second-order valence-corrected chi connectivity index (χ2v) is 5.21. The van der Waals surface area contributed by atoms with Crippen LogP contribution in [0.5, 0.6) is 0 Å². The van der Waals surface area contributed by atoms with E-state index in [2.05, 4.69) is 5.32 Å². The number of nitrogens with one attached hydrogen (secondary N) is 1. The number of anilines is 1. The predicted molar refractivity (Wildman–Crippen MR) is 80.3 cm³/mol. The van der Waals surface area contributed by atoms with Gasteiger partial charge in [0.2, 0.25) is 0 Å². The molecule has 6 heteroatoms. The zero-order valence-electron chi connectivity index (χ0n) is 11.4. The molecule has 0 radical (unpaired) electrons. The Labute approximate surface area is 129 Å². The summed E-state index contributed by atoms with van der Waals surface area (Å²) in [5.41, 5.74) is 0.821. The highest BCUT2D eigenvalue weighted by molar-refractivity contribution is 6.31. The molecule has 3 aromatic rings. The number of carbonyl (C=O) groups is 1. The smallest absolute Gasteiger partial charge is 0.291 e. The molecule has 0 atom stereocenters. The van der Waals surface area contributed by atoms with Gasteiger partial charge in [-0.25, -0.2) is 8.78 Å². The van der Waals surface area contributed by atoms with Gasteiger partial charge in [0.25, 0.3) is 5.91 Å². The van der Waals surface area contributed by atoms with E-state index < -0.39 is 17.5 Å². The van der Waals surface area contributed by atoms with Crippen molar-refractivity contribution < 1.29 is 18.0 Å². The average molecular weight is 322 g/mol. The van der Waals surface area contributed by atoms with Gasteiger partial charge in [0.05, 0.1) is 5.69 Å². The number of furan rings is 1. The lowest BCUT2D eigenvalue weighted by Gasteiger charge is -2.05. The standard InChI is InChI=1S/C16H10ClF2NO2/c1-8-11-6-9(17)2-5-14(11)22-15(8)16(21)20-13-7-10(18)3-4-12(13)19/h2-7H,1H3,(H,20,21). The van der Waals surface area contributed by atoms with Crippen LogP contribution in [0.1, 0.15) is 16.1 Å². The van der Waals surface area contributed by atoms with Gasteiger partial charge in [0.1, 0.15) is 17.2 Å². The van der Waals surface area contributed by atoms with E-state index in [0.717, 1.165) is 18.2 Å². The Morgan fingerprint density at radius 1 is 1.18 bits per heavy atom. The first kappa shape index (κ1) is 14.5. The highest BCUT2D eigenvalue weighted by Gasteiger charge is 2.19. The molecule has 1 aromatic heterocycles. The van der Waals surface area contributed by atoms with E-state index >= 15 is 0 Å². The van der Waals surface area contributed by atoms with Gasteiger partial charge in [0.15, 0.2) is 5.76 Å². The fourth-order valence-corrected chi connectivity index (χ4v) is 2.35. The van der Waals surface area contributed by atoms with Gasteiger partial charge in [-0.15, -0.1) is 0 Å². The lowest BCUT2D eigenvalue weighted by molar-refractivity contribution is 0.0997. The summed E-state index contributed by atoms with van der Waals surface area (Å²) in [5.74, 6) is -2.01. The number of halogens is 3. The van der Waals surface area contributed by atoms with Crippen LogP contribution in [0, 0.1) is 18.6 Å². The van der Waals surface area contributed by atoms with Gasteiger partial charge in [-0.2, -0.15) is 0 Å². The van der Waals surface area contributed by atoms with Crippen LogP contribution in [-0.4, -0.2) is 5.91 Å². The Bertz CT molecular complexity index is 889.